The van der Waals surface area contributed by atoms with Crippen molar-refractivity contribution in [2.75, 3.05) is 0 Å². The molecule has 0 saturated carbocycles. The Morgan fingerprint density at radius 3 is 2.57 bits per heavy atom. The van der Waals surface area contributed by atoms with Gasteiger partial charge in [-0.25, -0.2) is 0 Å². The summed E-state index contributed by atoms with van der Waals surface area (Å²) in [6.45, 7) is 4.46. The van der Waals surface area contributed by atoms with Gasteiger partial charge in [-0.2, -0.15) is 15.0 Å². The molecule has 8 heteroatoms. The first-order valence-electron chi connectivity index (χ1n) is 8.64. The molecule has 0 aliphatic heterocycles. The second kappa shape index (κ2) is 8.41. The fourth-order valence-electron chi connectivity index (χ4n) is 2.69. The molecule has 0 aliphatic carbocycles. The maximum absolute atomic E-state index is 5.99. The zero-order valence-electron chi connectivity index (χ0n) is 14.9. The second-order valence-corrected chi connectivity index (χ2v) is 7.34. The number of para-hydroxylation sites is 1. The number of aromatic nitrogens is 6. The highest BCUT2D eigenvalue weighted by molar-refractivity contribution is 7.98. The summed E-state index contributed by atoms with van der Waals surface area (Å²) in [4.78, 5) is 1.63. The van der Waals surface area contributed by atoms with Gasteiger partial charge in [0.2, 0.25) is 0 Å². The predicted molar refractivity (Wildman–Crippen MR) is 112 cm³/mol. The van der Waals surface area contributed by atoms with E-state index in [9.17, 15) is 0 Å². The highest BCUT2D eigenvalue weighted by Crippen LogP contribution is 2.27. The Bertz CT molecular complexity index is 1070. The van der Waals surface area contributed by atoms with Gasteiger partial charge < -0.3 is 0 Å². The summed E-state index contributed by atoms with van der Waals surface area (Å²) in [7, 11) is 0. The van der Waals surface area contributed by atoms with Crippen LogP contribution in [0.1, 0.15) is 5.69 Å². The summed E-state index contributed by atoms with van der Waals surface area (Å²) in [6, 6.07) is 17.4. The Labute approximate surface area is 171 Å². The van der Waals surface area contributed by atoms with Crippen molar-refractivity contribution in [1.82, 2.24) is 29.8 Å². The van der Waals surface area contributed by atoms with Gasteiger partial charge in [0.1, 0.15) is 0 Å². The Morgan fingerprint density at radius 2 is 1.82 bits per heavy atom. The molecule has 4 aromatic rings. The van der Waals surface area contributed by atoms with Crippen LogP contribution in [-0.4, -0.2) is 29.8 Å². The minimum Gasteiger partial charge on any atom is -0.298 e. The molecule has 0 aliphatic rings. The molecule has 0 radical (unpaired) electrons. The maximum atomic E-state index is 5.99. The monoisotopic (exact) mass is 408 g/mol. The molecule has 0 unspecified atom stereocenters. The summed E-state index contributed by atoms with van der Waals surface area (Å²) >= 11 is 7.56. The Morgan fingerprint density at radius 1 is 1.04 bits per heavy atom. The van der Waals surface area contributed by atoms with Crippen molar-refractivity contribution in [3.8, 4) is 17.1 Å². The minimum absolute atomic E-state index is 0.615. The van der Waals surface area contributed by atoms with Gasteiger partial charge in [0.25, 0.3) is 0 Å². The van der Waals surface area contributed by atoms with Crippen LogP contribution in [0.4, 0.5) is 0 Å². The van der Waals surface area contributed by atoms with Crippen LogP contribution < -0.4 is 0 Å². The molecule has 28 heavy (non-hydrogen) atoms. The molecule has 2 aromatic heterocycles. The van der Waals surface area contributed by atoms with Gasteiger partial charge in [-0.1, -0.05) is 47.6 Å². The molecule has 2 heterocycles. The smallest absolute Gasteiger partial charge is 0.192 e. The van der Waals surface area contributed by atoms with E-state index in [4.69, 9.17) is 11.6 Å². The van der Waals surface area contributed by atoms with Gasteiger partial charge in [0.05, 0.1) is 17.6 Å². The van der Waals surface area contributed by atoms with Crippen LogP contribution in [0.3, 0.4) is 0 Å². The van der Waals surface area contributed by atoms with Crippen LogP contribution >= 0.6 is 23.4 Å². The molecule has 2 aromatic carbocycles. The number of halogens is 1. The molecule has 6 nitrogen and oxygen atoms in total. The van der Waals surface area contributed by atoms with Crippen LogP contribution in [0.15, 0.2) is 78.6 Å². The topological polar surface area (TPSA) is 61.4 Å². The van der Waals surface area contributed by atoms with E-state index in [0.717, 1.165) is 27.9 Å². The van der Waals surface area contributed by atoms with E-state index in [1.807, 2.05) is 65.2 Å². The molecule has 0 saturated heterocycles. The Hall–Kier alpha value is -2.90. The first-order valence-corrected chi connectivity index (χ1v) is 10.0. The van der Waals surface area contributed by atoms with E-state index < -0.39 is 0 Å². The molecule has 0 amide bonds. The van der Waals surface area contributed by atoms with Crippen molar-refractivity contribution in [3.05, 3.63) is 84.2 Å². The number of thioether (sulfide) groups is 1. The highest BCUT2D eigenvalue weighted by atomic mass is 35.5. The number of nitrogens with zero attached hydrogens (tertiary/aromatic N) is 6. The molecule has 0 spiro atoms. The summed E-state index contributed by atoms with van der Waals surface area (Å²) in [5, 5.41) is 19.1. The van der Waals surface area contributed by atoms with E-state index in [0.29, 0.717) is 17.3 Å². The van der Waals surface area contributed by atoms with Crippen molar-refractivity contribution in [3.63, 3.8) is 0 Å². The molecule has 0 bridgehead atoms. The molecule has 140 valence electrons. The van der Waals surface area contributed by atoms with Gasteiger partial charge in [-0.3, -0.25) is 4.57 Å². The largest absolute Gasteiger partial charge is 0.298 e. The number of rotatable bonds is 7. The SMILES string of the molecule is C=CCn1c(SCc2cnn(-c3ccccc3)n2)nnc1-c1ccc(Cl)cc1. The first kappa shape index (κ1) is 18.5. The molecular formula is C20H17ClN6S. The zero-order valence-corrected chi connectivity index (χ0v) is 16.5. The van der Waals surface area contributed by atoms with E-state index >= 15 is 0 Å². The number of hydrogen-bond donors (Lipinski definition) is 0. The van der Waals surface area contributed by atoms with Gasteiger partial charge >= 0.3 is 0 Å². The molecule has 4 rings (SSSR count). The van der Waals surface area contributed by atoms with E-state index in [-0.39, 0.29) is 0 Å². The third kappa shape index (κ3) is 4.00. The number of benzene rings is 2. The highest BCUT2D eigenvalue weighted by Gasteiger charge is 2.14. The van der Waals surface area contributed by atoms with Crippen LogP contribution in [-0.2, 0) is 12.3 Å². The normalized spacial score (nSPS) is 10.9. The first-order chi connectivity index (χ1) is 13.7. The third-order valence-corrected chi connectivity index (χ3v) is 5.26. The van der Waals surface area contributed by atoms with Crippen molar-refractivity contribution >= 4 is 23.4 Å². The molecule has 0 atom stereocenters. The van der Waals surface area contributed by atoms with Crippen molar-refractivity contribution in [2.24, 2.45) is 0 Å². The fourth-order valence-corrected chi connectivity index (χ4v) is 3.64. The van der Waals surface area contributed by atoms with Crippen molar-refractivity contribution < 1.29 is 0 Å². The fraction of sp³-hybridized carbons (Fsp3) is 0.100. The molecule has 0 N–H and O–H groups in total. The summed E-state index contributed by atoms with van der Waals surface area (Å²) in [5.41, 5.74) is 2.76. The lowest BCUT2D eigenvalue weighted by atomic mass is 10.2. The Kier molecular flexibility index (Phi) is 5.55. The second-order valence-electron chi connectivity index (χ2n) is 5.96. The van der Waals surface area contributed by atoms with Gasteiger partial charge in [0.15, 0.2) is 11.0 Å². The van der Waals surface area contributed by atoms with E-state index in [1.165, 1.54) is 0 Å². The lowest BCUT2D eigenvalue weighted by molar-refractivity contribution is 0.729. The minimum atomic E-state index is 0.615. The van der Waals surface area contributed by atoms with Crippen LogP contribution in [0.25, 0.3) is 17.1 Å². The summed E-state index contributed by atoms with van der Waals surface area (Å²) < 4.78 is 2.03. The van der Waals surface area contributed by atoms with Crippen LogP contribution in [0.2, 0.25) is 5.02 Å². The summed E-state index contributed by atoms with van der Waals surface area (Å²) in [5.74, 6) is 1.43. The third-order valence-electron chi connectivity index (χ3n) is 4.01. The zero-order chi connectivity index (χ0) is 19.3. The van der Waals surface area contributed by atoms with E-state index in [1.54, 1.807) is 22.8 Å². The average molecular weight is 409 g/mol. The van der Waals surface area contributed by atoms with Crippen LogP contribution in [0, 0.1) is 0 Å². The van der Waals surface area contributed by atoms with Gasteiger partial charge in [-0.15, -0.1) is 16.8 Å². The van der Waals surface area contributed by atoms with Crippen molar-refractivity contribution in [2.45, 2.75) is 17.5 Å². The number of hydrogen-bond acceptors (Lipinski definition) is 5. The van der Waals surface area contributed by atoms with Gasteiger partial charge in [-0.05, 0) is 36.4 Å². The van der Waals surface area contributed by atoms with Crippen LogP contribution in [0.5, 0.6) is 0 Å². The maximum Gasteiger partial charge on any atom is 0.192 e. The quantitative estimate of drug-likeness (QED) is 0.329. The average Bonchev–Trinajstić information content (AvgIpc) is 3.35. The lowest BCUT2D eigenvalue weighted by Gasteiger charge is -2.07. The standard InChI is InChI=1S/C20H17ClN6S/c1-2-12-26-19(15-8-10-16(21)11-9-15)23-24-20(26)28-14-17-13-22-27(25-17)18-6-4-3-5-7-18/h2-11,13H,1,12,14H2. The van der Waals surface area contributed by atoms with Gasteiger partial charge in [0, 0.05) is 22.9 Å². The Balaban J connectivity index is 1.53. The predicted octanol–water partition coefficient (Wildman–Crippen LogP) is 4.66. The number of allylic oxidation sites excluding steroid dienone is 1. The molecular weight excluding hydrogens is 392 g/mol. The van der Waals surface area contributed by atoms with E-state index in [2.05, 4.69) is 27.0 Å². The molecule has 0 fully saturated rings. The summed E-state index contributed by atoms with van der Waals surface area (Å²) in [6.07, 6.45) is 3.60. The lowest BCUT2D eigenvalue weighted by Crippen LogP contribution is -2.01. The van der Waals surface area contributed by atoms with Crippen molar-refractivity contribution in [1.29, 1.82) is 0 Å².